The lowest BCUT2D eigenvalue weighted by Crippen LogP contribution is -2.53. The molecule has 0 fully saturated rings. The van der Waals surface area contributed by atoms with Gasteiger partial charge in [-0.05, 0) is 18.8 Å². The molecule has 0 heterocycles. The van der Waals surface area contributed by atoms with E-state index in [-0.39, 0.29) is 18.3 Å². The first-order chi connectivity index (χ1) is 11.2. The molecule has 0 bridgehead atoms. The van der Waals surface area contributed by atoms with Crippen molar-refractivity contribution in [2.45, 2.75) is 45.2 Å². The average Bonchev–Trinajstić information content (AvgIpc) is 2.53. The number of aliphatic imine (C=N–C) groups is 1. The van der Waals surface area contributed by atoms with E-state index in [1.807, 2.05) is 13.8 Å². The molecule has 0 unspecified atom stereocenters. The third kappa shape index (κ3) is 8.93. The molecule has 9 N–H and O–H groups in total. The minimum absolute atomic E-state index is 0.0469. The van der Waals surface area contributed by atoms with Crippen molar-refractivity contribution in [1.82, 2.24) is 10.6 Å². The number of hydrogen-bond acceptors (Lipinski definition) is 5. The number of rotatable bonds is 11. The topological polar surface area (TPSA) is 186 Å². The van der Waals surface area contributed by atoms with Crippen molar-refractivity contribution in [3.8, 4) is 0 Å². The van der Waals surface area contributed by atoms with E-state index in [0.29, 0.717) is 13.0 Å². The van der Waals surface area contributed by atoms with E-state index in [2.05, 4.69) is 15.6 Å². The molecule has 0 aliphatic carbocycles. The molecule has 138 valence electrons. The highest BCUT2D eigenvalue weighted by Gasteiger charge is 2.25. The number of carbonyl (C=O) groups excluding carboxylic acids is 2. The molecule has 3 atom stereocenters. The van der Waals surface area contributed by atoms with Crippen LogP contribution in [0.2, 0.25) is 0 Å². The van der Waals surface area contributed by atoms with Gasteiger partial charge in [0.05, 0.1) is 6.04 Å². The molecule has 0 saturated carbocycles. The summed E-state index contributed by atoms with van der Waals surface area (Å²) in [7, 11) is 0. The molecule has 0 aliphatic rings. The number of nitrogens with zero attached hydrogens (tertiary/aromatic N) is 1. The zero-order chi connectivity index (χ0) is 18.7. The molecule has 0 spiro atoms. The number of nitrogens with two attached hydrogens (primary N) is 3. The molecule has 24 heavy (non-hydrogen) atoms. The van der Waals surface area contributed by atoms with Crippen molar-refractivity contribution in [3.05, 3.63) is 0 Å². The Kier molecular flexibility index (Phi) is 10.1. The molecule has 2 amide bonds. The van der Waals surface area contributed by atoms with Crippen LogP contribution in [0.15, 0.2) is 4.99 Å². The summed E-state index contributed by atoms with van der Waals surface area (Å²) in [6.07, 6.45) is 1.40. The number of nitrogens with one attached hydrogen (secondary N) is 2. The maximum absolute atomic E-state index is 12.1. The van der Waals surface area contributed by atoms with Crippen molar-refractivity contribution in [2.75, 3.05) is 13.1 Å². The van der Waals surface area contributed by atoms with Gasteiger partial charge >= 0.3 is 5.97 Å². The van der Waals surface area contributed by atoms with Crippen molar-refractivity contribution in [1.29, 1.82) is 0 Å². The molecule has 0 aromatic carbocycles. The second-order valence-corrected chi connectivity index (χ2v) is 5.53. The number of guanidine groups is 1. The van der Waals surface area contributed by atoms with Gasteiger partial charge in [-0.15, -0.1) is 0 Å². The van der Waals surface area contributed by atoms with Crippen molar-refractivity contribution in [3.63, 3.8) is 0 Å². The summed E-state index contributed by atoms with van der Waals surface area (Å²) in [5.74, 6) is -2.34. The normalized spacial score (nSPS) is 14.1. The summed E-state index contributed by atoms with van der Waals surface area (Å²) in [6, 6.07) is -1.65. The number of aliphatic carboxylic acids is 1. The Bertz CT molecular complexity index is 464. The van der Waals surface area contributed by atoms with Gasteiger partial charge < -0.3 is 32.9 Å². The lowest BCUT2D eigenvalue weighted by Gasteiger charge is -2.22. The van der Waals surface area contributed by atoms with Crippen LogP contribution in [-0.4, -0.2) is 54.0 Å². The van der Waals surface area contributed by atoms with Gasteiger partial charge in [0.15, 0.2) is 5.96 Å². The van der Waals surface area contributed by atoms with E-state index in [4.69, 9.17) is 22.3 Å². The molecule has 10 heteroatoms. The fourth-order valence-electron chi connectivity index (χ4n) is 1.84. The Balaban J connectivity index is 4.77. The number of hydrogen-bond donors (Lipinski definition) is 6. The van der Waals surface area contributed by atoms with Crippen molar-refractivity contribution in [2.24, 2.45) is 28.1 Å². The minimum atomic E-state index is -1.18. The minimum Gasteiger partial charge on any atom is -0.480 e. The number of carbonyl (C=O) groups is 3. The monoisotopic (exact) mass is 344 g/mol. The Morgan fingerprint density at radius 3 is 2.33 bits per heavy atom. The zero-order valence-electron chi connectivity index (χ0n) is 14.1. The molecule has 0 aliphatic heterocycles. The van der Waals surface area contributed by atoms with Gasteiger partial charge in [-0.2, -0.15) is 0 Å². The second-order valence-electron chi connectivity index (χ2n) is 5.53. The Hall–Kier alpha value is -2.36. The van der Waals surface area contributed by atoms with Gasteiger partial charge in [-0.3, -0.25) is 19.4 Å². The third-order valence-corrected chi connectivity index (χ3v) is 3.55. The number of amides is 2. The summed E-state index contributed by atoms with van der Waals surface area (Å²) in [5, 5.41) is 13.4. The first-order valence-corrected chi connectivity index (χ1v) is 7.79. The van der Waals surface area contributed by atoms with Crippen LogP contribution in [0.1, 0.15) is 33.1 Å². The lowest BCUT2D eigenvalue weighted by atomic mass is 9.98. The maximum atomic E-state index is 12.1. The van der Waals surface area contributed by atoms with Crippen LogP contribution < -0.4 is 27.8 Å². The Morgan fingerprint density at radius 1 is 1.21 bits per heavy atom. The van der Waals surface area contributed by atoms with Gasteiger partial charge in [-0.25, -0.2) is 0 Å². The molecule has 0 rings (SSSR count). The summed E-state index contributed by atoms with van der Waals surface area (Å²) < 4.78 is 0. The van der Waals surface area contributed by atoms with E-state index in [9.17, 15) is 14.4 Å². The van der Waals surface area contributed by atoms with Gasteiger partial charge in [-0.1, -0.05) is 20.3 Å². The van der Waals surface area contributed by atoms with Gasteiger partial charge in [0.2, 0.25) is 11.8 Å². The first-order valence-electron chi connectivity index (χ1n) is 7.79. The standard InChI is InChI=1S/C14H28N6O4/c1-3-8(2)11(15)13(24)20-9(5-4-6-18-14(16)17)12(23)19-7-10(21)22/h8-9,11H,3-7,15H2,1-2H3,(H,19,23)(H,20,24)(H,21,22)(H4,16,17,18)/t8-,9-,11-/m0/s1. The summed E-state index contributed by atoms with van der Waals surface area (Å²) in [5.41, 5.74) is 16.3. The summed E-state index contributed by atoms with van der Waals surface area (Å²) >= 11 is 0. The van der Waals surface area contributed by atoms with Gasteiger partial charge in [0, 0.05) is 6.54 Å². The largest absolute Gasteiger partial charge is 0.480 e. The van der Waals surface area contributed by atoms with Gasteiger partial charge in [0.1, 0.15) is 12.6 Å². The Morgan fingerprint density at radius 2 is 1.83 bits per heavy atom. The molecular formula is C14H28N6O4. The Labute approximate surface area is 141 Å². The first kappa shape index (κ1) is 21.6. The highest BCUT2D eigenvalue weighted by atomic mass is 16.4. The summed E-state index contributed by atoms with van der Waals surface area (Å²) in [4.78, 5) is 38.5. The molecule has 0 aromatic rings. The van der Waals surface area contributed by atoms with Crippen LogP contribution >= 0.6 is 0 Å². The van der Waals surface area contributed by atoms with E-state index < -0.39 is 36.4 Å². The number of carboxylic acid groups (broad SMARTS) is 1. The van der Waals surface area contributed by atoms with E-state index in [1.165, 1.54) is 0 Å². The molecule has 0 saturated heterocycles. The second kappa shape index (κ2) is 11.2. The highest BCUT2D eigenvalue weighted by molar-refractivity contribution is 5.91. The van der Waals surface area contributed by atoms with Crippen molar-refractivity contribution < 1.29 is 19.5 Å². The van der Waals surface area contributed by atoms with E-state index in [0.717, 1.165) is 6.42 Å². The third-order valence-electron chi connectivity index (χ3n) is 3.55. The molecular weight excluding hydrogens is 316 g/mol. The van der Waals surface area contributed by atoms with Crippen LogP contribution in [0.4, 0.5) is 0 Å². The SMILES string of the molecule is CC[C@H](C)[C@H](N)C(=O)N[C@@H](CCCN=C(N)N)C(=O)NCC(=O)O. The predicted octanol–water partition coefficient (Wildman–Crippen LogP) is -1.90. The quantitative estimate of drug-likeness (QED) is 0.143. The molecule has 10 nitrogen and oxygen atoms in total. The predicted molar refractivity (Wildman–Crippen MR) is 89.9 cm³/mol. The van der Waals surface area contributed by atoms with Crippen LogP contribution in [0, 0.1) is 5.92 Å². The molecule has 0 radical (unpaired) electrons. The van der Waals surface area contributed by atoms with Gasteiger partial charge in [0.25, 0.3) is 0 Å². The smallest absolute Gasteiger partial charge is 0.322 e. The van der Waals surface area contributed by atoms with E-state index >= 15 is 0 Å². The lowest BCUT2D eigenvalue weighted by molar-refractivity contribution is -0.138. The zero-order valence-corrected chi connectivity index (χ0v) is 14.1. The molecule has 0 aromatic heterocycles. The van der Waals surface area contributed by atoms with Crippen LogP contribution in [0.5, 0.6) is 0 Å². The number of carboxylic acids is 1. The average molecular weight is 344 g/mol. The van der Waals surface area contributed by atoms with Crippen molar-refractivity contribution >= 4 is 23.7 Å². The maximum Gasteiger partial charge on any atom is 0.322 e. The van der Waals surface area contributed by atoms with Crippen LogP contribution in [0.3, 0.4) is 0 Å². The summed E-state index contributed by atoms with van der Waals surface area (Å²) in [6.45, 7) is 3.50. The highest BCUT2D eigenvalue weighted by Crippen LogP contribution is 2.07. The van der Waals surface area contributed by atoms with Crippen LogP contribution in [-0.2, 0) is 14.4 Å². The van der Waals surface area contributed by atoms with E-state index in [1.54, 1.807) is 0 Å². The fraction of sp³-hybridized carbons (Fsp3) is 0.714. The fourth-order valence-corrected chi connectivity index (χ4v) is 1.84. The van der Waals surface area contributed by atoms with Crippen LogP contribution in [0.25, 0.3) is 0 Å².